The van der Waals surface area contributed by atoms with Crippen molar-refractivity contribution in [2.24, 2.45) is 0 Å². The smallest absolute Gasteiger partial charge is 0.314 e. The first-order chi connectivity index (χ1) is 7.60. The van der Waals surface area contributed by atoms with Crippen molar-refractivity contribution in [2.75, 3.05) is 11.5 Å². The Labute approximate surface area is 101 Å². The lowest BCUT2D eigenvalue weighted by Gasteiger charge is -2.16. The van der Waals surface area contributed by atoms with Crippen molar-refractivity contribution in [3.63, 3.8) is 0 Å². The van der Waals surface area contributed by atoms with Crippen LogP contribution in [0.5, 0.6) is 0 Å². The minimum atomic E-state index is -0.883. The van der Waals surface area contributed by atoms with Gasteiger partial charge in [-0.15, -0.1) is 22.0 Å². The van der Waals surface area contributed by atoms with Gasteiger partial charge in [-0.1, -0.05) is 11.8 Å². The van der Waals surface area contributed by atoms with E-state index in [0.29, 0.717) is 11.1 Å². The molecule has 1 fully saturated rings. The van der Waals surface area contributed by atoms with Gasteiger partial charge in [-0.25, -0.2) is 0 Å². The van der Waals surface area contributed by atoms with E-state index in [1.165, 1.54) is 0 Å². The molecule has 0 aromatic carbocycles. The van der Waals surface area contributed by atoms with Crippen LogP contribution in [0.15, 0.2) is 9.64 Å². The number of nitrogens with zero attached hydrogens (tertiary/aromatic N) is 2. The maximum atomic E-state index is 10.4. The first-order valence-electron chi connectivity index (χ1n) is 4.93. The van der Waals surface area contributed by atoms with Crippen LogP contribution >= 0.6 is 23.5 Å². The number of thioether (sulfide) groups is 2. The Bertz CT molecular complexity index is 388. The van der Waals surface area contributed by atoms with Gasteiger partial charge in [0.05, 0.1) is 4.75 Å². The highest BCUT2D eigenvalue weighted by atomic mass is 32.2. The Morgan fingerprint density at radius 3 is 3.12 bits per heavy atom. The molecule has 0 spiro atoms. The molecule has 5 nitrogen and oxygen atoms in total. The zero-order valence-corrected chi connectivity index (χ0v) is 10.4. The molecular weight excluding hydrogens is 248 g/mol. The van der Waals surface area contributed by atoms with Gasteiger partial charge < -0.3 is 9.52 Å². The Hall–Kier alpha value is -0.690. The monoisotopic (exact) mass is 260 g/mol. The summed E-state index contributed by atoms with van der Waals surface area (Å²) in [6.07, 6.45) is 2.18. The lowest BCUT2D eigenvalue weighted by atomic mass is 10.1. The van der Waals surface area contributed by atoms with E-state index in [0.717, 1.165) is 30.4 Å². The average molecular weight is 260 g/mol. The van der Waals surface area contributed by atoms with E-state index in [9.17, 15) is 4.79 Å². The van der Waals surface area contributed by atoms with Gasteiger partial charge >= 0.3 is 5.97 Å². The molecule has 1 aromatic heterocycles. The molecule has 1 saturated heterocycles. The quantitative estimate of drug-likeness (QED) is 0.829. The maximum absolute atomic E-state index is 10.4. The van der Waals surface area contributed by atoms with Gasteiger partial charge in [0.15, 0.2) is 0 Å². The van der Waals surface area contributed by atoms with E-state index in [4.69, 9.17) is 9.52 Å². The Morgan fingerprint density at radius 2 is 2.50 bits per heavy atom. The summed E-state index contributed by atoms with van der Waals surface area (Å²) in [6, 6.07) is 0. The lowest BCUT2D eigenvalue weighted by Crippen LogP contribution is -2.12. The molecule has 1 aliphatic heterocycles. The predicted molar refractivity (Wildman–Crippen MR) is 61.7 cm³/mol. The van der Waals surface area contributed by atoms with Gasteiger partial charge in [-0.05, 0) is 25.5 Å². The van der Waals surface area contributed by atoms with Crippen molar-refractivity contribution in [1.82, 2.24) is 10.2 Å². The molecule has 1 atom stereocenters. The summed E-state index contributed by atoms with van der Waals surface area (Å²) in [5.74, 6) is 0.788. The molecule has 88 valence electrons. The molecule has 2 heterocycles. The van der Waals surface area contributed by atoms with Crippen LogP contribution in [0.25, 0.3) is 0 Å². The molecule has 1 unspecified atom stereocenters. The van der Waals surface area contributed by atoms with Crippen LogP contribution in [0.2, 0.25) is 0 Å². The Balaban J connectivity index is 2.04. The van der Waals surface area contributed by atoms with Crippen LogP contribution in [0.1, 0.15) is 25.7 Å². The van der Waals surface area contributed by atoms with Gasteiger partial charge in [-0.2, -0.15) is 0 Å². The molecule has 0 saturated carbocycles. The average Bonchev–Trinajstić information content (AvgIpc) is 2.84. The molecule has 0 bridgehead atoms. The number of rotatable bonds is 4. The highest BCUT2D eigenvalue weighted by Crippen LogP contribution is 2.45. The highest BCUT2D eigenvalue weighted by molar-refractivity contribution is 8.00. The van der Waals surface area contributed by atoms with E-state index in [1.807, 2.05) is 11.8 Å². The standard InChI is InChI=1S/C9H12N2O3S2/c1-9(3-2-4-16-9)7-10-11-8(14-7)15-5-6(12)13/h2-5H2,1H3,(H,12,13). The molecule has 16 heavy (non-hydrogen) atoms. The second-order valence-corrected chi connectivity index (χ2v) is 6.26. The third-order valence-corrected chi connectivity index (χ3v) is 4.71. The number of carboxylic acids is 1. The van der Waals surface area contributed by atoms with Crippen molar-refractivity contribution in [1.29, 1.82) is 0 Å². The van der Waals surface area contributed by atoms with Crippen LogP contribution in [-0.4, -0.2) is 32.8 Å². The topological polar surface area (TPSA) is 76.2 Å². The molecule has 7 heteroatoms. The number of aromatic nitrogens is 2. The third kappa shape index (κ3) is 2.52. The summed E-state index contributed by atoms with van der Waals surface area (Å²) < 4.78 is 5.39. The minimum absolute atomic E-state index is 0.0501. The largest absolute Gasteiger partial charge is 0.481 e. The lowest BCUT2D eigenvalue weighted by molar-refractivity contribution is -0.133. The molecular formula is C9H12N2O3S2. The molecule has 0 radical (unpaired) electrons. The zero-order valence-electron chi connectivity index (χ0n) is 8.80. The maximum Gasteiger partial charge on any atom is 0.314 e. The molecule has 0 aliphatic carbocycles. The molecule has 0 amide bonds. The van der Waals surface area contributed by atoms with E-state index in [2.05, 4.69) is 17.1 Å². The van der Waals surface area contributed by atoms with Gasteiger partial charge in [-0.3, -0.25) is 4.79 Å². The fourth-order valence-corrected chi connectivity index (χ4v) is 3.27. The summed E-state index contributed by atoms with van der Waals surface area (Å²) in [4.78, 5) is 10.4. The second kappa shape index (κ2) is 4.67. The van der Waals surface area contributed by atoms with Crippen molar-refractivity contribution >= 4 is 29.5 Å². The van der Waals surface area contributed by atoms with E-state index >= 15 is 0 Å². The predicted octanol–water partition coefficient (Wildman–Crippen LogP) is 1.99. The summed E-state index contributed by atoms with van der Waals surface area (Å²) in [5, 5.41) is 16.7. The van der Waals surface area contributed by atoms with Crippen LogP contribution in [0.4, 0.5) is 0 Å². The second-order valence-electron chi connectivity index (χ2n) is 3.74. The highest BCUT2D eigenvalue weighted by Gasteiger charge is 2.36. The van der Waals surface area contributed by atoms with Crippen LogP contribution in [0.3, 0.4) is 0 Å². The van der Waals surface area contributed by atoms with Crippen LogP contribution in [-0.2, 0) is 9.54 Å². The summed E-state index contributed by atoms with van der Waals surface area (Å²) in [5.41, 5.74) is 0. The van der Waals surface area contributed by atoms with E-state index < -0.39 is 5.97 Å². The number of hydrogen-bond donors (Lipinski definition) is 1. The molecule has 1 N–H and O–H groups in total. The normalized spacial score (nSPS) is 24.8. The number of aliphatic carboxylic acids is 1. The van der Waals surface area contributed by atoms with Crippen molar-refractivity contribution in [3.05, 3.63) is 5.89 Å². The fourth-order valence-electron chi connectivity index (χ4n) is 1.55. The minimum Gasteiger partial charge on any atom is -0.481 e. The summed E-state index contributed by atoms with van der Waals surface area (Å²) >= 11 is 2.87. The number of carboxylic acid groups (broad SMARTS) is 1. The molecule has 2 rings (SSSR count). The third-order valence-electron chi connectivity index (χ3n) is 2.40. The fraction of sp³-hybridized carbons (Fsp3) is 0.667. The van der Waals surface area contributed by atoms with Crippen LogP contribution < -0.4 is 0 Å². The van der Waals surface area contributed by atoms with Crippen molar-refractivity contribution in [2.45, 2.75) is 29.7 Å². The van der Waals surface area contributed by atoms with Crippen molar-refractivity contribution < 1.29 is 14.3 Å². The SMILES string of the molecule is CC1(c2nnc(SCC(=O)O)o2)CCCS1. The zero-order chi connectivity index (χ0) is 11.6. The Morgan fingerprint density at radius 1 is 1.69 bits per heavy atom. The molecule has 1 aliphatic rings. The number of carbonyl (C=O) groups is 1. The first-order valence-corrected chi connectivity index (χ1v) is 6.90. The number of hydrogen-bond acceptors (Lipinski definition) is 6. The van der Waals surface area contributed by atoms with Crippen LogP contribution in [0, 0.1) is 0 Å². The first kappa shape index (κ1) is 11.8. The van der Waals surface area contributed by atoms with Gasteiger partial charge in [0, 0.05) is 0 Å². The van der Waals surface area contributed by atoms with Gasteiger partial charge in [0.2, 0.25) is 5.89 Å². The van der Waals surface area contributed by atoms with E-state index in [1.54, 1.807) is 0 Å². The Kier molecular flexibility index (Phi) is 3.44. The van der Waals surface area contributed by atoms with Gasteiger partial charge in [0.1, 0.15) is 5.75 Å². The summed E-state index contributed by atoms with van der Waals surface area (Å²) in [7, 11) is 0. The van der Waals surface area contributed by atoms with Gasteiger partial charge in [0.25, 0.3) is 5.22 Å². The van der Waals surface area contributed by atoms with E-state index in [-0.39, 0.29) is 10.5 Å². The van der Waals surface area contributed by atoms with Crippen molar-refractivity contribution in [3.8, 4) is 0 Å². The summed E-state index contributed by atoms with van der Waals surface area (Å²) in [6.45, 7) is 2.09. The molecule has 1 aromatic rings.